The Morgan fingerprint density at radius 1 is 0.356 bits per heavy atom. The molecule has 0 radical (unpaired) electrons. The van der Waals surface area contributed by atoms with E-state index in [4.69, 9.17) is 0 Å². The van der Waals surface area contributed by atoms with Gasteiger partial charge in [-0.2, -0.15) is 0 Å². The summed E-state index contributed by atoms with van der Waals surface area (Å²) in [5, 5.41) is 28.5. The SMILES string of the molecule is CCCCCCCCCCCCCCCC[P+](CCCCCC)(CCCCCC)CCCCCC.O=[N+]([O-])C([N+](=O)[O-])[N+](=O)[O-]. The molecular formula is C35H73N3O6P+. The summed E-state index contributed by atoms with van der Waals surface area (Å²) >= 11 is 0. The van der Waals surface area contributed by atoms with Crippen molar-refractivity contribution >= 4 is 7.26 Å². The molecule has 0 bridgehead atoms. The fourth-order valence-electron chi connectivity index (χ4n) is 6.17. The normalized spacial score (nSPS) is 11.4. The molecule has 0 aromatic heterocycles. The highest BCUT2D eigenvalue weighted by Crippen LogP contribution is 2.61. The van der Waals surface area contributed by atoms with Crippen molar-refractivity contribution in [2.24, 2.45) is 0 Å². The minimum Gasteiger partial charge on any atom is -0.253 e. The van der Waals surface area contributed by atoms with Gasteiger partial charge in [-0.25, -0.2) is 0 Å². The predicted molar refractivity (Wildman–Crippen MR) is 194 cm³/mol. The molecule has 0 heterocycles. The topological polar surface area (TPSA) is 129 Å². The van der Waals surface area contributed by atoms with Crippen molar-refractivity contribution in [2.45, 2.75) is 201 Å². The first-order valence-corrected chi connectivity index (χ1v) is 21.5. The van der Waals surface area contributed by atoms with E-state index in [0.717, 1.165) is 0 Å². The second-order valence-corrected chi connectivity index (χ2v) is 17.7. The molecule has 0 aliphatic heterocycles. The summed E-state index contributed by atoms with van der Waals surface area (Å²) in [4.78, 5) is 23.8. The van der Waals surface area contributed by atoms with Crippen LogP contribution in [0.25, 0.3) is 0 Å². The number of unbranched alkanes of at least 4 members (excludes halogenated alkanes) is 22. The molecule has 0 aromatic rings. The highest BCUT2D eigenvalue weighted by Gasteiger charge is 2.45. The van der Waals surface area contributed by atoms with Crippen molar-refractivity contribution in [1.29, 1.82) is 0 Å². The highest BCUT2D eigenvalue weighted by atomic mass is 31.2. The van der Waals surface area contributed by atoms with Gasteiger partial charge in [-0.15, -0.1) is 0 Å². The molecule has 0 fully saturated rings. The maximum absolute atomic E-state index is 9.50. The Morgan fingerprint density at radius 2 is 0.533 bits per heavy atom. The third kappa shape index (κ3) is 29.8. The number of nitrogens with zero attached hydrogens (tertiary/aromatic N) is 3. The number of hydrogen-bond acceptors (Lipinski definition) is 6. The summed E-state index contributed by atoms with van der Waals surface area (Å²) < 4.78 is 0. The molecule has 0 spiro atoms. The predicted octanol–water partition coefficient (Wildman–Crippen LogP) is 12.3. The summed E-state index contributed by atoms with van der Waals surface area (Å²) in [6, 6.07) is 0. The second-order valence-electron chi connectivity index (χ2n) is 13.2. The van der Waals surface area contributed by atoms with E-state index < -0.39 is 28.3 Å². The molecule has 45 heavy (non-hydrogen) atoms. The van der Waals surface area contributed by atoms with E-state index in [1.54, 1.807) is 50.3 Å². The largest absolute Gasteiger partial charge is 0.693 e. The van der Waals surface area contributed by atoms with E-state index in [2.05, 4.69) is 27.7 Å². The van der Waals surface area contributed by atoms with Crippen molar-refractivity contribution < 1.29 is 14.8 Å². The van der Waals surface area contributed by atoms with Crippen molar-refractivity contribution in [3.63, 3.8) is 0 Å². The quantitative estimate of drug-likeness (QED) is 0.0226. The van der Waals surface area contributed by atoms with Crippen LogP contribution in [-0.4, -0.2) is 45.7 Å². The zero-order valence-corrected chi connectivity index (χ0v) is 30.9. The van der Waals surface area contributed by atoms with Crippen LogP contribution in [0.1, 0.15) is 195 Å². The lowest BCUT2D eigenvalue weighted by Gasteiger charge is -2.28. The number of nitro groups is 3. The van der Waals surface area contributed by atoms with E-state index in [-0.39, 0.29) is 0 Å². The second kappa shape index (κ2) is 34.0. The fourth-order valence-corrected chi connectivity index (χ4v) is 11.1. The average molecular weight is 663 g/mol. The molecule has 0 amide bonds. The zero-order valence-electron chi connectivity index (χ0n) is 30.0. The first-order valence-electron chi connectivity index (χ1n) is 19.0. The zero-order chi connectivity index (χ0) is 34.0. The number of rotatable bonds is 33. The summed E-state index contributed by atoms with van der Waals surface area (Å²) in [6.07, 6.45) is 42.1. The van der Waals surface area contributed by atoms with Crippen LogP contribution in [0.3, 0.4) is 0 Å². The van der Waals surface area contributed by atoms with Crippen LogP contribution in [0.2, 0.25) is 0 Å². The Bertz CT molecular complexity index is 634. The van der Waals surface area contributed by atoms with Crippen LogP contribution in [0, 0.1) is 30.3 Å². The monoisotopic (exact) mass is 663 g/mol. The van der Waals surface area contributed by atoms with Crippen LogP contribution < -0.4 is 0 Å². The van der Waals surface area contributed by atoms with E-state index in [1.807, 2.05) is 0 Å². The summed E-state index contributed by atoms with van der Waals surface area (Å²) in [5.74, 6) is 0. The van der Waals surface area contributed by atoms with Gasteiger partial charge in [-0.3, -0.25) is 30.3 Å². The van der Waals surface area contributed by atoms with Gasteiger partial charge in [0.2, 0.25) is 0 Å². The van der Waals surface area contributed by atoms with Gasteiger partial charge in [0.1, 0.15) is 0 Å². The Hall–Kier alpha value is -1.37. The molecular weight excluding hydrogens is 589 g/mol. The van der Waals surface area contributed by atoms with Crippen LogP contribution in [0.15, 0.2) is 0 Å². The Kier molecular flexibility index (Phi) is 34.5. The van der Waals surface area contributed by atoms with Crippen molar-refractivity contribution in [1.82, 2.24) is 0 Å². The Balaban J connectivity index is 0. The van der Waals surface area contributed by atoms with Gasteiger partial charge in [0.15, 0.2) is 14.8 Å². The molecule has 0 saturated carbocycles. The van der Waals surface area contributed by atoms with Crippen molar-refractivity contribution in [3.05, 3.63) is 30.3 Å². The van der Waals surface area contributed by atoms with Gasteiger partial charge in [-0.05, 0) is 51.4 Å². The van der Waals surface area contributed by atoms with Crippen LogP contribution in [0.5, 0.6) is 0 Å². The van der Waals surface area contributed by atoms with Crippen molar-refractivity contribution in [2.75, 3.05) is 24.6 Å². The summed E-state index contributed by atoms with van der Waals surface area (Å²) in [5.41, 5.74) is 0. The lowest BCUT2D eigenvalue weighted by Crippen LogP contribution is -2.36. The molecule has 9 nitrogen and oxygen atoms in total. The van der Waals surface area contributed by atoms with E-state index >= 15 is 0 Å². The molecule has 0 rings (SSSR count). The Morgan fingerprint density at radius 3 is 0.711 bits per heavy atom. The fraction of sp³-hybridized carbons (Fsp3) is 1.00. The van der Waals surface area contributed by atoms with E-state index in [9.17, 15) is 30.3 Å². The number of hydrogen-bond donors (Lipinski definition) is 0. The highest BCUT2D eigenvalue weighted by molar-refractivity contribution is 7.75. The molecule has 0 aliphatic rings. The molecule has 268 valence electrons. The molecule has 0 unspecified atom stereocenters. The van der Waals surface area contributed by atoms with Gasteiger partial charge >= 0.3 is 6.29 Å². The molecule has 0 atom stereocenters. The first-order chi connectivity index (χ1) is 21.7. The average Bonchev–Trinajstić information content (AvgIpc) is 2.99. The first kappa shape index (κ1) is 45.8. The van der Waals surface area contributed by atoms with Gasteiger partial charge < -0.3 is 0 Å². The molecule has 0 N–H and O–H groups in total. The van der Waals surface area contributed by atoms with Gasteiger partial charge in [-0.1, -0.05) is 143 Å². The summed E-state index contributed by atoms with van der Waals surface area (Å²) in [6.45, 7) is 9.42. The third-order valence-corrected chi connectivity index (χ3v) is 14.1. The molecule has 10 heteroatoms. The minimum absolute atomic E-state index is 0.701. The van der Waals surface area contributed by atoms with Gasteiger partial charge in [0, 0.05) is 7.26 Å². The van der Waals surface area contributed by atoms with E-state index in [0.29, 0.717) is 0 Å². The van der Waals surface area contributed by atoms with Crippen LogP contribution >= 0.6 is 7.26 Å². The molecule has 0 aromatic carbocycles. The third-order valence-electron chi connectivity index (χ3n) is 9.01. The van der Waals surface area contributed by atoms with Gasteiger partial charge in [0.05, 0.1) is 24.6 Å². The smallest absolute Gasteiger partial charge is 0.253 e. The van der Waals surface area contributed by atoms with Crippen molar-refractivity contribution in [3.8, 4) is 0 Å². The molecule has 0 aliphatic carbocycles. The van der Waals surface area contributed by atoms with E-state index in [1.165, 1.54) is 141 Å². The van der Waals surface area contributed by atoms with Crippen LogP contribution in [-0.2, 0) is 0 Å². The van der Waals surface area contributed by atoms with Gasteiger partial charge in [0.25, 0.3) is 0 Å². The van der Waals surface area contributed by atoms with Crippen LogP contribution in [0.4, 0.5) is 0 Å². The molecule has 0 saturated heterocycles. The summed E-state index contributed by atoms with van der Waals surface area (Å²) in [7, 11) is -0.701. The standard InChI is InChI=1S/C34H72P.CHN3O6/c1-5-9-13-17-18-19-20-21-22-23-24-25-26-30-34-35(31-27-14-10-6-2,32-28-15-11-7-3)33-29-16-12-8-4;5-2(6)1(3(7)8)4(9)10/h5-34H2,1-4H3;1H/q+1;. The minimum atomic E-state index is -2.94. The maximum Gasteiger partial charge on any atom is 0.693 e. The lowest BCUT2D eigenvalue weighted by molar-refractivity contribution is -0.912. The lowest BCUT2D eigenvalue weighted by atomic mass is 10.0. The Labute approximate surface area is 277 Å². The maximum atomic E-state index is 9.50.